The van der Waals surface area contributed by atoms with Crippen molar-refractivity contribution in [2.75, 3.05) is 13.7 Å². The average Bonchev–Trinajstić information content (AvgIpc) is 2.05. The summed E-state index contributed by atoms with van der Waals surface area (Å²) in [7, 11) is 1.42. The molecule has 0 aromatic rings. The van der Waals surface area contributed by atoms with Crippen molar-refractivity contribution >= 4 is 19.3 Å². The zero-order valence-electron chi connectivity index (χ0n) is 6.13. The van der Waals surface area contributed by atoms with E-state index in [0.717, 1.165) is 24.7 Å². The molecule has 1 aliphatic heterocycles. The van der Waals surface area contributed by atoms with Gasteiger partial charge in [-0.3, -0.25) is 4.79 Å². The Labute approximate surface area is 65.0 Å². The molecule has 1 fully saturated rings. The molecule has 56 valence electrons. The van der Waals surface area contributed by atoms with Gasteiger partial charge in [0, 0.05) is 6.61 Å². The number of carbonyl (C=O) groups is 1. The smallest absolute Gasteiger partial charge is 0.493 e. The van der Waals surface area contributed by atoms with Gasteiger partial charge in [0.1, 0.15) is 0 Å². The Morgan fingerprint density at radius 3 is 2.90 bits per heavy atom. The fourth-order valence-corrected chi connectivity index (χ4v) is 2.97. The molecule has 0 N–H and O–H groups in total. The van der Waals surface area contributed by atoms with Gasteiger partial charge in [-0.2, -0.15) is 0 Å². The number of methoxy groups -OCH3 is 1. The molecule has 0 aromatic carbocycles. The lowest BCUT2D eigenvalue weighted by molar-refractivity contribution is 0.184. The van der Waals surface area contributed by atoms with E-state index < -0.39 is 14.5 Å². The largest absolute Gasteiger partial charge is 0.620 e. The summed E-state index contributed by atoms with van der Waals surface area (Å²) in [5, 5.41) is 0.951. The van der Waals surface area contributed by atoms with Gasteiger partial charge in [-0.05, 0) is 6.42 Å². The van der Waals surface area contributed by atoms with Crippen LogP contribution in [-0.2, 0) is 8.53 Å². The number of ether oxygens (including phenoxy) is 1. The Kier molecular flexibility index (Phi) is 3.20. The van der Waals surface area contributed by atoms with Gasteiger partial charge in [-0.1, -0.05) is 11.7 Å². The molecular weight excluding hydrogens is 147 g/mol. The number of carbonyl (C=O) groups excluding carboxylic acids is 1. The van der Waals surface area contributed by atoms with E-state index in [2.05, 4.69) is 4.74 Å². The second-order valence-corrected chi connectivity index (χ2v) is 4.74. The average molecular weight is 158 g/mol. The lowest BCUT2D eigenvalue weighted by Gasteiger charge is -2.15. The molecule has 0 aromatic heterocycles. The van der Waals surface area contributed by atoms with Crippen LogP contribution in [0.3, 0.4) is 0 Å². The molecule has 0 bridgehead atoms. The molecular formula is C6H11AlO3. The molecule has 0 spiro atoms. The molecule has 10 heavy (non-hydrogen) atoms. The highest BCUT2D eigenvalue weighted by Gasteiger charge is 2.34. The highest BCUT2D eigenvalue weighted by atomic mass is 27.2. The van der Waals surface area contributed by atoms with Gasteiger partial charge >= 0.3 is 14.5 Å². The van der Waals surface area contributed by atoms with Crippen LogP contribution < -0.4 is 0 Å². The molecule has 1 heterocycles. The topological polar surface area (TPSA) is 35.5 Å². The quantitative estimate of drug-likeness (QED) is 0.537. The summed E-state index contributed by atoms with van der Waals surface area (Å²) in [6.45, 7) is 0.756. The Morgan fingerprint density at radius 1 is 1.60 bits per heavy atom. The summed E-state index contributed by atoms with van der Waals surface area (Å²) in [6, 6.07) is 0. The van der Waals surface area contributed by atoms with E-state index in [1.165, 1.54) is 7.11 Å². The van der Waals surface area contributed by atoms with E-state index in [0.29, 0.717) is 0 Å². The van der Waals surface area contributed by atoms with E-state index in [1.807, 2.05) is 0 Å². The third-order valence-corrected chi connectivity index (χ3v) is 3.98. The third-order valence-electron chi connectivity index (χ3n) is 1.64. The molecule has 0 saturated carbocycles. The van der Waals surface area contributed by atoms with Crippen LogP contribution in [0.25, 0.3) is 0 Å². The summed E-state index contributed by atoms with van der Waals surface area (Å²) in [5.74, 6) is 0. The Morgan fingerprint density at radius 2 is 2.40 bits per heavy atom. The lowest BCUT2D eigenvalue weighted by Crippen LogP contribution is -2.32. The molecule has 1 rings (SSSR count). The molecule has 1 aliphatic rings. The summed E-state index contributed by atoms with van der Waals surface area (Å²) in [6.07, 6.45) is 2.23. The first-order valence-corrected chi connectivity index (χ1v) is 5.40. The fraction of sp³-hybridized carbons (Fsp3) is 0.833. The Balaban J connectivity index is 2.31. The van der Waals surface area contributed by atoms with Crippen molar-refractivity contribution in [3.63, 3.8) is 0 Å². The molecule has 3 nitrogen and oxygen atoms in total. The maximum absolute atomic E-state index is 10.9. The van der Waals surface area contributed by atoms with Crippen LogP contribution in [0.5, 0.6) is 0 Å². The van der Waals surface area contributed by atoms with Crippen molar-refractivity contribution in [2.45, 2.75) is 18.1 Å². The van der Waals surface area contributed by atoms with Gasteiger partial charge in [0.15, 0.2) is 0 Å². The SMILES string of the molecule is CO[C](=O)[Al]1[CH2]CCC[O]1. The van der Waals surface area contributed by atoms with Gasteiger partial charge in [0.25, 0.3) is 0 Å². The van der Waals surface area contributed by atoms with Gasteiger partial charge < -0.3 is 8.53 Å². The summed E-state index contributed by atoms with van der Waals surface area (Å²) in [5.41, 5.74) is 0. The van der Waals surface area contributed by atoms with Crippen LogP contribution in [0.15, 0.2) is 0 Å². The predicted molar refractivity (Wildman–Crippen MR) is 38.2 cm³/mol. The van der Waals surface area contributed by atoms with Crippen LogP contribution in [0, 0.1) is 0 Å². The third kappa shape index (κ3) is 1.98. The van der Waals surface area contributed by atoms with Gasteiger partial charge in [-0.25, -0.2) is 0 Å². The van der Waals surface area contributed by atoms with E-state index in [1.54, 1.807) is 0 Å². The van der Waals surface area contributed by atoms with Crippen molar-refractivity contribution in [3.8, 4) is 0 Å². The summed E-state index contributed by atoms with van der Waals surface area (Å²) < 4.78 is 9.88. The van der Waals surface area contributed by atoms with E-state index in [-0.39, 0.29) is 4.83 Å². The molecule has 0 amide bonds. The standard InChI is InChI=1S/C4H8O.C2H3O2.Al/c1-2-3-4-5;1-4-2-3;/h1-4H2;1H3;/q-1;;+1. The minimum Gasteiger partial charge on any atom is -0.493 e. The second-order valence-electron chi connectivity index (χ2n) is 2.38. The van der Waals surface area contributed by atoms with Gasteiger partial charge in [-0.15, -0.1) is 0 Å². The molecule has 0 unspecified atom stereocenters. The number of hydrogen-bond acceptors (Lipinski definition) is 3. The van der Waals surface area contributed by atoms with Gasteiger partial charge in [0.2, 0.25) is 4.83 Å². The number of hydrogen-bond donors (Lipinski definition) is 0. The van der Waals surface area contributed by atoms with E-state index in [4.69, 9.17) is 3.79 Å². The van der Waals surface area contributed by atoms with Crippen LogP contribution in [0.4, 0.5) is 4.79 Å². The molecule has 0 aliphatic carbocycles. The summed E-state index contributed by atoms with van der Waals surface area (Å²) in [4.78, 5) is 10.8. The van der Waals surface area contributed by atoms with Crippen molar-refractivity contribution in [3.05, 3.63) is 0 Å². The Bertz CT molecular complexity index is 120. The highest BCUT2D eigenvalue weighted by molar-refractivity contribution is 6.83. The van der Waals surface area contributed by atoms with Crippen LogP contribution in [-0.4, -0.2) is 33.0 Å². The first-order chi connectivity index (χ1) is 4.84. The van der Waals surface area contributed by atoms with E-state index in [9.17, 15) is 4.79 Å². The summed E-state index contributed by atoms with van der Waals surface area (Å²) >= 11 is -1.58. The first kappa shape index (κ1) is 8.06. The van der Waals surface area contributed by atoms with Crippen molar-refractivity contribution < 1.29 is 13.3 Å². The predicted octanol–water partition coefficient (Wildman–Crippen LogP) is 1.14. The van der Waals surface area contributed by atoms with Crippen molar-refractivity contribution in [2.24, 2.45) is 0 Å². The minimum absolute atomic E-state index is 0.0975. The van der Waals surface area contributed by atoms with Crippen LogP contribution >= 0.6 is 0 Å². The monoisotopic (exact) mass is 158 g/mol. The maximum Gasteiger partial charge on any atom is 0.620 e. The molecule has 1 saturated heterocycles. The molecule has 0 atom stereocenters. The van der Waals surface area contributed by atoms with Gasteiger partial charge in [0.05, 0.1) is 7.11 Å². The normalized spacial score (nSPS) is 18.7. The minimum atomic E-state index is -1.58. The maximum atomic E-state index is 10.9. The van der Waals surface area contributed by atoms with E-state index >= 15 is 0 Å². The molecule has 4 heteroatoms. The van der Waals surface area contributed by atoms with Crippen LogP contribution in [0.2, 0.25) is 5.28 Å². The zero-order valence-corrected chi connectivity index (χ0v) is 7.29. The van der Waals surface area contributed by atoms with Crippen molar-refractivity contribution in [1.29, 1.82) is 0 Å². The van der Waals surface area contributed by atoms with Crippen LogP contribution in [0.1, 0.15) is 12.8 Å². The fourth-order valence-electron chi connectivity index (χ4n) is 1.06. The van der Waals surface area contributed by atoms with Crippen molar-refractivity contribution in [1.82, 2.24) is 0 Å². The zero-order chi connectivity index (χ0) is 7.40. The lowest BCUT2D eigenvalue weighted by atomic mass is 10.4. The first-order valence-electron chi connectivity index (χ1n) is 3.54. The Hall–Kier alpha value is -0.0375. The second kappa shape index (κ2) is 3.97. The number of rotatable bonds is 1. The highest BCUT2D eigenvalue weighted by Crippen LogP contribution is 2.11. The molecule has 0 radical (unpaired) electrons.